The summed E-state index contributed by atoms with van der Waals surface area (Å²) in [4.78, 5) is 0. The molecular weight excluding hydrogens is 334 g/mol. The lowest BCUT2D eigenvalue weighted by molar-refractivity contribution is -0.137. The zero-order chi connectivity index (χ0) is 13.1. The van der Waals surface area contributed by atoms with Crippen molar-refractivity contribution in [3.8, 4) is 0 Å². The van der Waals surface area contributed by atoms with Crippen molar-refractivity contribution in [2.45, 2.75) is 25.1 Å². The lowest BCUT2D eigenvalue weighted by Crippen LogP contribution is -2.13. The molecule has 3 N–H and O–H groups in total. The van der Waals surface area contributed by atoms with Gasteiger partial charge < -0.3 is 10.8 Å². The van der Waals surface area contributed by atoms with Gasteiger partial charge in [0.15, 0.2) is 0 Å². The molecule has 0 aliphatic carbocycles. The van der Waals surface area contributed by atoms with E-state index in [9.17, 15) is 13.2 Å². The minimum Gasteiger partial charge on any atom is -0.396 e. The molecule has 1 atom stereocenters. The second-order valence-electron chi connectivity index (χ2n) is 3.71. The van der Waals surface area contributed by atoms with E-state index in [1.165, 1.54) is 6.07 Å². The van der Waals surface area contributed by atoms with E-state index in [2.05, 4.69) is 15.9 Å². The average molecular weight is 349 g/mol. The fourth-order valence-corrected chi connectivity index (χ4v) is 2.01. The van der Waals surface area contributed by atoms with E-state index in [1.54, 1.807) is 0 Å². The molecule has 0 aliphatic rings. The van der Waals surface area contributed by atoms with E-state index in [1.807, 2.05) is 0 Å². The molecule has 0 aromatic heterocycles. The molecule has 0 spiro atoms. The largest absolute Gasteiger partial charge is 0.416 e. The number of aliphatic hydroxyl groups excluding tert-OH is 1. The first-order valence-corrected chi connectivity index (χ1v) is 5.88. The van der Waals surface area contributed by atoms with E-state index in [0.29, 0.717) is 22.9 Å². The van der Waals surface area contributed by atoms with Gasteiger partial charge in [-0.2, -0.15) is 13.2 Å². The van der Waals surface area contributed by atoms with Crippen molar-refractivity contribution in [2.24, 2.45) is 5.73 Å². The number of halogens is 5. The molecule has 1 rings (SSSR count). The van der Waals surface area contributed by atoms with Crippen LogP contribution in [-0.4, -0.2) is 11.7 Å². The van der Waals surface area contributed by atoms with Crippen molar-refractivity contribution in [3.63, 3.8) is 0 Å². The molecule has 0 radical (unpaired) electrons. The van der Waals surface area contributed by atoms with Crippen LogP contribution < -0.4 is 5.73 Å². The van der Waals surface area contributed by atoms with Crippen molar-refractivity contribution in [2.75, 3.05) is 6.61 Å². The van der Waals surface area contributed by atoms with Crippen molar-refractivity contribution in [1.29, 1.82) is 0 Å². The zero-order valence-corrected chi connectivity index (χ0v) is 11.8. The summed E-state index contributed by atoms with van der Waals surface area (Å²) < 4.78 is 38.1. The highest BCUT2D eigenvalue weighted by Gasteiger charge is 2.31. The van der Waals surface area contributed by atoms with Gasteiger partial charge in [-0.15, -0.1) is 12.4 Å². The summed E-state index contributed by atoms with van der Waals surface area (Å²) in [6.45, 7) is -0.0235. The maximum atomic E-state index is 12.5. The number of rotatable bonds is 4. The van der Waals surface area contributed by atoms with Crippen LogP contribution in [0.15, 0.2) is 22.7 Å². The highest BCUT2D eigenvalue weighted by Crippen LogP contribution is 2.34. The van der Waals surface area contributed by atoms with Gasteiger partial charge in [0.25, 0.3) is 0 Å². The van der Waals surface area contributed by atoms with Gasteiger partial charge in [0.2, 0.25) is 0 Å². The fourth-order valence-electron chi connectivity index (χ4n) is 1.47. The van der Waals surface area contributed by atoms with Gasteiger partial charge in [0.1, 0.15) is 0 Å². The Kier molecular flexibility index (Phi) is 7.21. The smallest absolute Gasteiger partial charge is 0.396 e. The zero-order valence-electron chi connectivity index (χ0n) is 9.38. The standard InChI is InChI=1S/C11H13BrF3NO.ClH/c12-9-4-3-7(11(13,14)15)6-8(9)10(16)2-1-5-17;/h3-4,6,10,17H,1-2,5,16H2;1H/t10-;/m1./s1. The average Bonchev–Trinajstić information content (AvgIpc) is 2.24. The number of nitrogens with two attached hydrogens (primary N) is 1. The molecule has 1 aromatic carbocycles. The van der Waals surface area contributed by atoms with Crippen LogP contribution >= 0.6 is 28.3 Å². The van der Waals surface area contributed by atoms with Gasteiger partial charge in [0.05, 0.1) is 5.56 Å². The normalized spacial score (nSPS) is 13.0. The van der Waals surface area contributed by atoms with E-state index >= 15 is 0 Å². The van der Waals surface area contributed by atoms with Crippen molar-refractivity contribution >= 4 is 28.3 Å². The lowest BCUT2D eigenvalue weighted by atomic mass is 10.0. The van der Waals surface area contributed by atoms with Crippen molar-refractivity contribution in [3.05, 3.63) is 33.8 Å². The predicted octanol–water partition coefficient (Wildman–Crippen LogP) is 3.66. The third kappa shape index (κ3) is 4.76. The molecule has 0 bridgehead atoms. The van der Waals surface area contributed by atoms with Gasteiger partial charge in [-0.05, 0) is 36.6 Å². The monoisotopic (exact) mass is 347 g/mol. The Morgan fingerprint density at radius 2 is 1.94 bits per heavy atom. The van der Waals surface area contributed by atoms with Gasteiger partial charge >= 0.3 is 6.18 Å². The summed E-state index contributed by atoms with van der Waals surface area (Å²) in [5, 5.41) is 8.67. The van der Waals surface area contributed by atoms with Crippen LogP contribution in [0.4, 0.5) is 13.2 Å². The molecule has 0 heterocycles. The fraction of sp³-hybridized carbons (Fsp3) is 0.455. The summed E-state index contributed by atoms with van der Waals surface area (Å²) >= 11 is 3.18. The maximum Gasteiger partial charge on any atom is 0.416 e. The summed E-state index contributed by atoms with van der Waals surface area (Å²) in [6.07, 6.45) is -3.47. The first-order chi connectivity index (χ1) is 7.86. The van der Waals surface area contributed by atoms with Crippen LogP contribution in [0.25, 0.3) is 0 Å². The summed E-state index contributed by atoms with van der Waals surface area (Å²) in [7, 11) is 0. The SMILES string of the molecule is Cl.N[C@H](CCCO)c1cc(C(F)(F)F)ccc1Br. The first kappa shape index (κ1) is 17.7. The highest BCUT2D eigenvalue weighted by atomic mass is 79.9. The van der Waals surface area contributed by atoms with Crippen LogP contribution in [0.5, 0.6) is 0 Å². The molecule has 0 unspecified atom stereocenters. The molecule has 0 saturated carbocycles. The van der Waals surface area contributed by atoms with Crippen LogP contribution in [0, 0.1) is 0 Å². The summed E-state index contributed by atoms with van der Waals surface area (Å²) in [5.41, 5.74) is 5.48. The van der Waals surface area contributed by atoms with Gasteiger partial charge in [0, 0.05) is 17.1 Å². The second-order valence-corrected chi connectivity index (χ2v) is 4.56. The predicted molar refractivity (Wildman–Crippen MR) is 69.6 cm³/mol. The Morgan fingerprint density at radius 3 is 2.44 bits per heavy atom. The van der Waals surface area contributed by atoms with Crippen molar-refractivity contribution < 1.29 is 18.3 Å². The van der Waals surface area contributed by atoms with Gasteiger partial charge in [-0.25, -0.2) is 0 Å². The molecule has 1 aromatic rings. The minimum absolute atomic E-state index is 0. The van der Waals surface area contributed by atoms with Crippen LogP contribution in [0.1, 0.15) is 30.0 Å². The minimum atomic E-state index is -4.37. The molecule has 2 nitrogen and oxygen atoms in total. The van der Waals surface area contributed by atoms with Crippen LogP contribution in [0.2, 0.25) is 0 Å². The topological polar surface area (TPSA) is 46.2 Å². The first-order valence-electron chi connectivity index (χ1n) is 5.09. The van der Waals surface area contributed by atoms with Crippen LogP contribution in [0.3, 0.4) is 0 Å². The third-order valence-electron chi connectivity index (χ3n) is 2.40. The number of hydrogen-bond donors (Lipinski definition) is 2. The number of aliphatic hydroxyl groups is 1. The number of benzene rings is 1. The van der Waals surface area contributed by atoms with Gasteiger partial charge in [-0.1, -0.05) is 15.9 Å². The Bertz CT molecular complexity index is 387. The molecule has 7 heteroatoms. The highest BCUT2D eigenvalue weighted by molar-refractivity contribution is 9.10. The Morgan fingerprint density at radius 1 is 1.33 bits per heavy atom. The Labute approximate surface area is 118 Å². The molecule has 0 fully saturated rings. The molecule has 0 amide bonds. The van der Waals surface area contributed by atoms with Crippen LogP contribution in [-0.2, 0) is 6.18 Å². The maximum absolute atomic E-state index is 12.5. The number of alkyl halides is 3. The molecule has 104 valence electrons. The molecular formula is C11H14BrClF3NO. The van der Waals surface area contributed by atoms with E-state index < -0.39 is 17.8 Å². The van der Waals surface area contributed by atoms with E-state index in [0.717, 1.165) is 12.1 Å². The van der Waals surface area contributed by atoms with E-state index in [-0.39, 0.29) is 19.0 Å². The van der Waals surface area contributed by atoms with Crippen molar-refractivity contribution in [1.82, 2.24) is 0 Å². The summed E-state index contributed by atoms with van der Waals surface area (Å²) in [6, 6.07) is 2.88. The summed E-state index contributed by atoms with van der Waals surface area (Å²) in [5.74, 6) is 0. The Balaban J connectivity index is 0.00000289. The van der Waals surface area contributed by atoms with E-state index in [4.69, 9.17) is 10.8 Å². The quantitative estimate of drug-likeness (QED) is 0.872. The molecule has 18 heavy (non-hydrogen) atoms. The molecule has 0 saturated heterocycles. The Hall–Kier alpha value is -0.300. The lowest BCUT2D eigenvalue weighted by Gasteiger charge is -2.16. The van der Waals surface area contributed by atoms with Gasteiger partial charge in [-0.3, -0.25) is 0 Å². The second kappa shape index (κ2) is 7.33. The third-order valence-corrected chi connectivity index (χ3v) is 3.12. The number of hydrogen-bond acceptors (Lipinski definition) is 2. The molecule has 0 aliphatic heterocycles.